The fourth-order valence-corrected chi connectivity index (χ4v) is 2.73. The van der Waals surface area contributed by atoms with Crippen LogP contribution >= 0.6 is 0 Å². The van der Waals surface area contributed by atoms with Crippen LogP contribution in [0.3, 0.4) is 0 Å². The first-order valence-electron chi connectivity index (χ1n) is 7.59. The third-order valence-corrected chi connectivity index (χ3v) is 3.84. The van der Waals surface area contributed by atoms with Crippen LogP contribution in [0.4, 0.5) is 0 Å². The zero-order chi connectivity index (χ0) is 17.8. The Morgan fingerprint density at radius 1 is 0.760 bits per heavy atom. The molecule has 2 aromatic carbocycles. The molecule has 3 aromatic rings. The van der Waals surface area contributed by atoms with Crippen molar-refractivity contribution in [3.8, 4) is 40.6 Å². The Bertz CT molecular complexity index is 1060. The summed E-state index contributed by atoms with van der Waals surface area (Å²) in [4.78, 5) is 4.52. The van der Waals surface area contributed by atoms with Crippen molar-refractivity contribution in [2.75, 3.05) is 0 Å². The largest absolute Gasteiger partial charge is 0.253 e. The molecule has 0 bridgehead atoms. The number of aryl methyl sites for hydroxylation is 1. The molecule has 4 nitrogen and oxygen atoms in total. The molecule has 0 N–H and O–H groups in total. The van der Waals surface area contributed by atoms with Crippen molar-refractivity contribution in [2.24, 2.45) is 0 Å². The summed E-state index contributed by atoms with van der Waals surface area (Å²) in [6, 6.07) is 22.5. The monoisotopic (exact) mass is 320 g/mol. The minimum atomic E-state index is 0.299. The first-order valence-corrected chi connectivity index (χ1v) is 7.59. The van der Waals surface area contributed by atoms with E-state index >= 15 is 0 Å². The lowest BCUT2D eigenvalue weighted by atomic mass is 9.92. The van der Waals surface area contributed by atoms with E-state index in [1.165, 1.54) is 12.1 Å². The van der Waals surface area contributed by atoms with E-state index in [9.17, 15) is 10.5 Å². The Kier molecular flexibility index (Phi) is 4.25. The number of pyridine rings is 1. The van der Waals surface area contributed by atoms with Crippen LogP contribution in [0.25, 0.3) is 22.4 Å². The minimum absolute atomic E-state index is 0.299. The van der Waals surface area contributed by atoms with E-state index in [-0.39, 0.29) is 0 Å². The van der Waals surface area contributed by atoms with Gasteiger partial charge in [0.25, 0.3) is 0 Å². The van der Waals surface area contributed by atoms with Gasteiger partial charge in [-0.05, 0) is 42.8 Å². The zero-order valence-electron chi connectivity index (χ0n) is 13.5. The average molecular weight is 320 g/mol. The summed E-state index contributed by atoms with van der Waals surface area (Å²) in [6.45, 7) is 1.93. The lowest BCUT2D eigenvalue weighted by Gasteiger charge is -2.10. The molecule has 0 amide bonds. The van der Waals surface area contributed by atoms with Gasteiger partial charge in [0, 0.05) is 16.8 Å². The van der Waals surface area contributed by atoms with E-state index in [0.29, 0.717) is 22.3 Å². The highest BCUT2D eigenvalue weighted by atomic mass is 14.7. The number of nitrogens with zero attached hydrogens (tertiary/aromatic N) is 4. The standard InChI is InChI=1S/C21H12N4/c1-14-4-2-7-20(25-14)16-5-3-6-17(10-16)21-18(12-23)8-15(11-22)9-19(21)13-24/h2-10H,1H3. The van der Waals surface area contributed by atoms with Crippen LogP contribution in [0.2, 0.25) is 0 Å². The summed E-state index contributed by atoms with van der Waals surface area (Å²) in [6.07, 6.45) is 0. The second-order valence-electron chi connectivity index (χ2n) is 5.53. The maximum absolute atomic E-state index is 9.46. The van der Waals surface area contributed by atoms with E-state index in [2.05, 4.69) is 17.1 Å². The first kappa shape index (κ1) is 15.9. The lowest BCUT2D eigenvalue weighted by Crippen LogP contribution is -1.93. The van der Waals surface area contributed by atoms with Crippen molar-refractivity contribution in [3.63, 3.8) is 0 Å². The highest BCUT2D eigenvalue weighted by molar-refractivity contribution is 5.80. The average Bonchev–Trinajstić information content (AvgIpc) is 2.66. The fraction of sp³-hybridized carbons (Fsp3) is 0.0476. The van der Waals surface area contributed by atoms with Gasteiger partial charge in [0.1, 0.15) is 0 Å². The molecule has 0 saturated heterocycles. The summed E-state index contributed by atoms with van der Waals surface area (Å²) >= 11 is 0. The van der Waals surface area contributed by atoms with Gasteiger partial charge in [-0.3, -0.25) is 4.98 Å². The molecule has 4 heteroatoms. The maximum atomic E-state index is 9.46. The van der Waals surface area contributed by atoms with Crippen molar-refractivity contribution in [2.45, 2.75) is 6.92 Å². The van der Waals surface area contributed by atoms with E-state index in [1.807, 2.05) is 55.5 Å². The Morgan fingerprint density at radius 2 is 1.40 bits per heavy atom. The van der Waals surface area contributed by atoms with Gasteiger partial charge < -0.3 is 0 Å². The third-order valence-electron chi connectivity index (χ3n) is 3.84. The molecule has 25 heavy (non-hydrogen) atoms. The van der Waals surface area contributed by atoms with Crippen LogP contribution in [0.5, 0.6) is 0 Å². The maximum Gasteiger partial charge on any atom is 0.0999 e. The number of hydrogen-bond donors (Lipinski definition) is 0. The molecule has 0 aliphatic heterocycles. The van der Waals surface area contributed by atoms with Crippen LogP contribution in [0, 0.1) is 40.9 Å². The topological polar surface area (TPSA) is 84.3 Å². The van der Waals surface area contributed by atoms with Crippen LogP contribution < -0.4 is 0 Å². The Hall–Kier alpha value is -3.94. The van der Waals surface area contributed by atoms with Gasteiger partial charge in [0.05, 0.1) is 40.6 Å². The van der Waals surface area contributed by atoms with E-state index in [0.717, 1.165) is 22.5 Å². The van der Waals surface area contributed by atoms with E-state index in [4.69, 9.17) is 5.26 Å². The smallest absolute Gasteiger partial charge is 0.0999 e. The lowest BCUT2D eigenvalue weighted by molar-refractivity contribution is 1.20. The highest BCUT2D eigenvalue weighted by Gasteiger charge is 2.14. The summed E-state index contributed by atoms with van der Waals surface area (Å²) in [5.41, 5.74) is 4.85. The molecule has 0 spiro atoms. The number of aromatic nitrogens is 1. The molecule has 0 aliphatic carbocycles. The molecule has 116 valence electrons. The number of hydrogen-bond acceptors (Lipinski definition) is 4. The van der Waals surface area contributed by atoms with Crippen LogP contribution in [-0.4, -0.2) is 4.98 Å². The van der Waals surface area contributed by atoms with Crippen LogP contribution in [0.1, 0.15) is 22.4 Å². The predicted molar refractivity (Wildman–Crippen MR) is 94.0 cm³/mol. The second kappa shape index (κ2) is 6.67. The molecular formula is C21H12N4. The summed E-state index contributed by atoms with van der Waals surface area (Å²) in [5.74, 6) is 0. The second-order valence-corrected chi connectivity index (χ2v) is 5.53. The van der Waals surface area contributed by atoms with Crippen molar-refractivity contribution >= 4 is 0 Å². The molecule has 0 aliphatic rings. The zero-order valence-corrected chi connectivity index (χ0v) is 13.5. The Balaban J connectivity index is 2.22. The fourth-order valence-electron chi connectivity index (χ4n) is 2.73. The molecule has 0 unspecified atom stereocenters. The normalized spacial score (nSPS) is 9.68. The molecular weight excluding hydrogens is 308 g/mol. The van der Waals surface area contributed by atoms with Gasteiger partial charge in [-0.1, -0.05) is 24.3 Å². The number of nitriles is 3. The molecule has 3 rings (SSSR count). The van der Waals surface area contributed by atoms with Crippen molar-refractivity contribution < 1.29 is 0 Å². The minimum Gasteiger partial charge on any atom is -0.253 e. The molecule has 1 aromatic heterocycles. The SMILES string of the molecule is Cc1cccc(-c2cccc(-c3c(C#N)cc(C#N)cc3C#N)c2)n1. The van der Waals surface area contributed by atoms with Gasteiger partial charge in [-0.25, -0.2) is 0 Å². The van der Waals surface area contributed by atoms with E-state index in [1.54, 1.807) is 0 Å². The van der Waals surface area contributed by atoms with E-state index < -0.39 is 0 Å². The van der Waals surface area contributed by atoms with Gasteiger partial charge in [-0.2, -0.15) is 15.8 Å². The summed E-state index contributed by atoms with van der Waals surface area (Å²) in [7, 11) is 0. The van der Waals surface area contributed by atoms with Crippen molar-refractivity contribution in [3.05, 3.63) is 77.0 Å². The van der Waals surface area contributed by atoms with Crippen molar-refractivity contribution in [1.29, 1.82) is 15.8 Å². The first-order chi connectivity index (χ1) is 12.2. The van der Waals surface area contributed by atoms with Gasteiger partial charge in [0.2, 0.25) is 0 Å². The number of rotatable bonds is 2. The van der Waals surface area contributed by atoms with Gasteiger partial charge in [0.15, 0.2) is 0 Å². The van der Waals surface area contributed by atoms with Crippen LogP contribution in [-0.2, 0) is 0 Å². The van der Waals surface area contributed by atoms with Crippen molar-refractivity contribution in [1.82, 2.24) is 4.98 Å². The Morgan fingerprint density at radius 3 is 2.00 bits per heavy atom. The Labute approximate surface area is 145 Å². The molecule has 0 fully saturated rings. The van der Waals surface area contributed by atoms with Gasteiger partial charge >= 0.3 is 0 Å². The molecule has 0 radical (unpaired) electrons. The number of benzene rings is 2. The quantitative estimate of drug-likeness (QED) is 0.703. The molecule has 1 heterocycles. The van der Waals surface area contributed by atoms with Crippen LogP contribution in [0.15, 0.2) is 54.6 Å². The third kappa shape index (κ3) is 3.08. The molecule has 0 atom stereocenters. The summed E-state index contributed by atoms with van der Waals surface area (Å²) < 4.78 is 0. The predicted octanol–water partition coefficient (Wildman–Crippen LogP) is 4.34. The summed E-state index contributed by atoms with van der Waals surface area (Å²) in [5, 5.41) is 28.0. The molecule has 0 saturated carbocycles. The highest BCUT2D eigenvalue weighted by Crippen LogP contribution is 2.31. The van der Waals surface area contributed by atoms with Gasteiger partial charge in [-0.15, -0.1) is 0 Å².